The number of nitrogens with two attached hydrogens (primary N) is 2. The Bertz CT molecular complexity index is 796. The van der Waals surface area contributed by atoms with Crippen molar-refractivity contribution >= 4 is 40.7 Å². The predicted molar refractivity (Wildman–Crippen MR) is 87.5 cm³/mol. The molecule has 0 aliphatic heterocycles. The lowest BCUT2D eigenvalue weighted by molar-refractivity contribution is -0.132. The molecule has 0 fully saturated rings. The summed E-state index contributed by atoms with van der Waals surface area (Å²) in [7, 11) is 0. The summed E-state index contributed by atoms with van der Waals surface area (Å²) in [5.74, 6) is -0.960. The third-order valence-electron chi connectivity index (χ3n) is 3.24. The number of nitrogen functional groups attached to an aromatic ring is 1. The molecule has 0 radical (unpaired) electrons. The second kappa shape index (κ2) is 5.90. The maximum atomic E-state index is 11.0. The number of rotatable bonds is 3. The first-order valence-corrected chi connectivity index (χ1v) is 7.00. The van der Waals surface area contributed by atoms with Gasteiger partial charge in [-0.3, -0.25) is 0 Å². The molecule has 8 heteroatoms. The second-order valence-corrected chi connectivity index (χ2v) is 5.50. The number of nitrogens with zero attached hydrogens (tertiary/aromatic N) is 2. The molecule has 0 aliphatic rings. The number of benzene rings is 1. The zero-order chi connectivity index (χ0) is 16.6. The first kappa shape index (κ1) is 16.2. The fraction of sp³-hybridized carbons (Fsp3) is 0.143. The van der Waals surface area contributed by atoms with Crippen molar-refractivity contribution in [2.45, 2.75) is 13.8 Å². The minimum Gasteiger partial charge on any atom is -0.477 e. The molecule has 5 N–H and O–H groups in total. The van der Waals surface area contributed by atoms with Gasteiger partial charge in [0.2, 0.25) is 0 Å². The van der Waals surface area contributed by atoms with Crippen molar-refractivity contribution in [1.82, 2.24) is 9.78 Å². The van der Waals surface area contributed by atoms with E-state index in [2.05, 4.69) is 5.10 Å². The molecule has 1 aromatic heterocycles. The van der Waals surface area contributed by atoms with Gasteiger partial charge in [-0.25, -0.2) is 9.48 Å². The number of carboxylic acid groups (broad SMARTS) is 1. The van der Waals surface area contributed by atoms with Gasteiger partial charge in [-0.2, -0.15) is 5.10 Å². The van der Waals surface area contributed by atoms with Crippen LogP contribution in [0.15, 0.2) is 23.9 Å². The molecule has 6 nitrogen and oxygen atoms in total. The summed E-state index contributed by atoms with van der Waals surface area (Å²) >= 11 is 11.9. The van der Waals surface area contributed by atoms with Crippen LogP contribution in [0.5, 0.6) is 0 Å². The van der Waals surface area contributed by atoms with E-state index in [0.717, 1.165) is 5.56 Å². The Morgan fingerprint density at radius 3 is 2.50 bits per heavy atom. The molecule has 1 heterocycles. The van der Waals surface area contributed by atoms with Crippen LogP contribution in [-0.4, -0.2) is 20.9 Å². The van der Waals surface area contributed by atoms with Crippen LogP contribution >= 0.6 is 23.2 Å². The number of halogens is 2. The van der Waals surface area contributed by atoms with Crippen LogP contribution in [0.2, 0.25) is 10.0 Å². The summed E-state index contributed by atoms with van der Waals surface area (Å²) in [5.41, 5.74) is 13.5. The molecule has 1 aromatic carbocycles. The van der Waals surface area contributed by atoms with E-state index in [-0.39, 0.29) is 17.2 Å². The van der Waals surface area contributed by atoms with E-state index in [1.807, 2.05) is 0 Å². The highest BCUT2D eigenvalue weighted by Gasteiger charge is 2.18. The molecule has 116 valence electrons. The molecule has 0 saturated heterocycles. The monoisotopic (exact) mass is 340 g/mol. The maximum Gasteiger partial charge on any atom is 0.353 e. The highest BCUT2D eigenvalue weighted by molar-refractivity contribution is 6.42. The summed E-state index contributed by atoms with van der Waals surface area (Å²) in [4.78, 5) is 11.0. The highest BCUT2D eigenvalue weighted by atomic mass is 35.5. The Morgan fingerprint density at radius 2 is 1.95 bits per heavy atom. The Balaban J connectivity index is 2.64. The average Bonchev–Trinajstić information content (AvgIpc) is 2.75. The van der Waals surface area contributed by atoms with Gasteiger partial charge in [-0.1, -0.05) is 29.3 Å². The SMILES string of the molecule is C/C(=C(/N)C(=O)O)n1nc(C)c(-c2ccc(Cl)c(Cl)c2)c1N. The fourth-order valence-corrected chi connectivity index (χ4v) is 2.38. The molecule has 0 atom stereocenters. The van der Waals surface area contributed by atoms with Crippen molar-refractivity contribution in [1.29, 1.82) is 0 Å². The quantitative estimate of drug-likeness (QED) is 0.744. The molecule has 0 saturated carbocycles. The Labute approximate surface area is 136 Å². The smallest absolute Gasteiger partial charge is 0.353 e. The van der Waals surface area contributed by atoms with Crippen LogP contribution in [0.3, 0.4) is 0 Å². The summed E-state index contributed by atoms with van der Waals surface area (Å²) in [6.45, 7) is 3.29. The molecule has 0 unspecified atom stereocenters. The summed E-state index contributed by atoms with van der Waals surface area (Å²) < 4.78 is 1.30. The lowest BCUT2D eigenvalue weighted by Gasteiger charge is -2.08. The molecule has 0 aliphatic carbocycles. The van der Waals surface area contributed by atoms with Gasteiger partial charge in [-0.05, 0) is 31.5 Å². The van der Waals surface area contributed by atoms with E-state index < -0.39 is 5.97 Å². The highest BCUT2D eigenvalue weighted by Crippen LogP contribution is 2.34. The zero-order valence-electron chi connectivity index (χ0n) is 11.9. The van der Waals surface area contributed by atoms with Gasteiger partial charge in [0, 0.05) is 5.56 Å². The van der Waals surface area contributed by atoms with Crippen molar-refractivity contribution in [2.75, 3.05) is 5.73 Å². The minimum absolute atomic E-state index is 0.236. The third kappa shape index (κ3) is 2.75. The predicted octanol–water partition coefficient (Wildman–Crippen LogP) is 2.98. The van der Waals surface area contributed by atoms with Crippen LogP contribution in [0.25, 0.3) is 16.8 Å². The molecule has 2 rings (SSSR count). The standard InChI is InChI=1S/C14H14Cl2N4O2/c1-6-11(8-3-4-9(15)10(16)5-8)13(18)20(19-6)7(2)12(17)14(21)22/h3-5H,17-18H2,1-2H3,(H,21,22)/b12-7-. The van der Waals surface area contributed by atoms with Gasteiger partial charge in [0.25, 0.3) is 0 Å². The summed E-state index contributed by atoms with van der Waals surface area (Å²) in [5, 5.41) is 14.0. The molecular formula is C14H14Cl2N4O2. The van der Waals surface area contributed by atoms with Crippen molar-refractivity contribution in [3.05, 3.63) is 39.6 Å². The van der Waals surface area contributed by atoms with E-state index in [0.29, 0.717) is 21.3 Å². The number of aryl methyl sites for hydroxylation is 1. The number of carbonyl (C=O) groups is 1. The normalized spacial score (nSPS) is 12.2. The van der Waals surface area contributed by atoms with Crippen molar-refractivity contribution in [3.8, 4) is 11.1 Å². The van der Waals surface area contributed by atoms with Gasteiger partial charge in [-0.15, -0.1) is 0 Å². The van der Waals surface area contributed by atoms with E-state index in [1.54, 1.807) is 25.1 Å². The van der Waals surface area contributed by atoms with Crippen LogP contribution < -0.4 is 11.5 Å². The minimum atomic E-state index is -1.24. The van der Waals surface area contributed by atoms with E-state index in [4.69, 9.17) is 39.8 Å². The molecule has 2 aromatic rings. The third-order valence-corrected chi connectivity index (χ3v) is 3.98. The van der Waals surface area contributed by atoms with Crippen LogP contribution in [-0.2, 0) is 4.79 Å². The summed E-state index contributed by atoms with van der Waals surface area (Å²) in [6, 6.07) is 5.09. The second-order valence-electron chi connectivity index (χ2n) is 4.69. The first-order chi connectivity index (χ1) is 10.2. The number of aromatic nitrogens is 2. The first-order valence-electron chi connectivity index (χ1n) is 6.24. The van der Waals surface area contributed by atoms with Crippen LogP contribution in [0.1, 0.15) is 12.6 Å². The number of carboxylic acids is 1. The molecule has 0 spiro atoms. The van der Waals surface area contributed by atoms with Gasteiger partial charge in [0.05, 0.1) is 21.4 Å². The van der Waals surface area contributed by atoms with Gasteiger partial charge in [0.1, 0.15) is 11.5 Å². The molecule has 0 amide bonds. The largest absolute Gasteiger partial charge is 0.477 e. The van der Waals surface area contributed by atoms with Crippen LogP contribution in [0, 0.1) is 6.92 Å². The van der Waals surface area contributed by atoms with E-state index in [9.17, 15) is 4.79 Å². The van der Waals surface area contributed by atoms with E-state index >= 15 is 0 Å². The number of hydrogen-bond acceptors (Lipinski definition) is 4. The zero-order valence-corrected chi connectivity index (χ0v) is 13.4. The van der Waals surface area contributed by atoms with Crippen molar-refractivity contribution < 1.29 is 9.90 Å². The fourth-order valence-electron chi connectivity index (χ4n) is 2.08. The lowest BCUT2D eigenvalue weighted by Crippen LogP contribution is -2.16. The maximum absolute atomic E-state index is 11.0. The van der Waals surface area contributed by atoms with E-state index in [1.165, 1.54) is 11.6 Å². The molecular weight excluding hydrogens is 327 g/mol. The van der Waals surface area contributed by atoms with Gasteiger partial charge in [0.15, 0.2) is 0 Å². The number of allylic oxidation sites excluding steroid dienone is 1. The van der Waals surface area contributed by atoms with Gasteiger partial charge >= 0.3 is 5.97 Å². The molecule has 22 heavy (non-hydrogen) atoms. The van der Waals surface area contributed by atoms with Crippen molar-refractivity contribution in [2.24, 2.45) is 5.73 Å². The molecule has 0 bridgehead atoms. The number of hydrogen-bond donors (Lipinski definition) is 3. The number of aliphatic carboxylic acids is 1. The topological polar surface area (TPSA) is 107 Å². The summed E-state index contributed by atoms with van der Waals surface area (Å²) in [6.07, 6.45) is 0. The van der Waals surface area contributed by atoms with Crippen molar-refractivity contribution in [3.63, 3.8) is 0 Å². The lowest BCUT2D eigenvalue weighted by atomic mass is 10.1. The number of anilines is 1. The van der Waals surface area contributed by atoms with Gasteiger partial charge < -0.3 is 16.6 Å². The Morgan fingerprint density at radius 1 is 1.32 bits per heavy atom. The average molecular weight is 341 g/mol. The van der Waals surface area contributed by atoms with Crippen LogP contribution in [0.4, 0.5) is 5.82 Å². The Hall–Kier alpha value is -2.18. The Kier molecular flexibility index (Phi) is 4.35.